The molecule has 8 aromatic carbocycles. The lowest BCUT2D eigenvalue weighted by atomic mass is 9.79. The van der Waals surface area contributed by atoms with Crippen molar-refractivity contribution in [3.63, 3.8) is 0 Å². The molecule has 0 fully saturated rings. The summed E-state index contributed by atoms with van der Waals surface area (Å²) in [5, 5.41) is 37.1. The second-order valence-corrected chi connectivity index (χ2v) is 29.3. The van der Waals surface area contributed by atoms with E-state index in [2.05, 4.69) is 152 Å². The fourth-order valence-corrected chi connectivity index (χ4v) is 12.2. The van der Waals surface area contributed by atoms with E-state index in [0.717, 1.165) is 113 Å². The zero-order chi connectivity index (χ0) is 66.9. The van der Waals surface area contributed by atoms with Gasteiger partial charge in [0.1, 0.15) is 72.2 Å². The molecule has 4 aromatic heterocycles. The van der Waals surface area contributed by atoms with Crippen molar-refractivity contribution in [3.8, 4) is 45.7 Å². The molecule has 0 radical (unpaired) electrons. The van der Waals surface area contributed by atoms with Crippen molar-refractivity contribution in [1.82, 2.24) is 60.0 Å². The normalized spacial score (nSPS) is 12.8. The van der Waals surface area contributed by atoms with Crippen LogP contribution in [0.25, 0.3) is 22.7 Å². The van der Waals surface area contributed by atoms with E-state index in [1.807, 2.05) is 146 Å². The van der Waals surface area contributed by atoms with Gasteiger partial charge in [-0.25, -0.2) is 18.7 Å². The van der Waals surface area contributed by atoms with Gasteiger partial charge in [-0.3, -0.25) is 0 Å². The van der Waals surface area contributed by atoms with Crippen LogP contribution in [0.15, 0.2) is 195 Å². The Hall–Kier alpha value is -10.5. The van der Waals surface area contributed by atoms with Gasteiger partial charge >= 0.3 is 0 Å². The first kappa shape index (κ1) is 64.2. The number of rotatable bonds is 16. The SMILES string of the molecule is CC(C)(C)c1cc2c(OCc3cn(-c4ccccc4)nn3)c(c1)Cc1cc(C(C)(C)C)cc(c1OCc1cn(-c3ccccc3)nn1)Cc1cc(C(C)(C)C)cc(c1OCc1cn(-c3ccccc3)nn1)Cc1cc(C(C)(C)C)cc(c1OCc1cn(-c3ccccc3)nn1)C2. The molecule has 16 heteroatoms. The molecule has 0 saturated carbocycles. The largest absolute Gasteiger partial charge is 0.487 e. The predicted octanol–water partition coefficient (Wildman–Crippen LogP) is 16.2. The first-order valence-electron chi connectivity index (χ1n) is 33.1. The first-order chi connectivity index (χ1) is 46.0. The van der Waals surface area contributed by atoms with Crippen LogP contribution >= 0.6 is 0 Å². The fraction of sp³-hybridized carbons (Fsp3) is 0.300. The van der Waals surface area contributed by atoms with E-state index in [-0.39, 0.29) is 48.1 Å². The minimum absolute atomic E-state index is 0.152. The average Bonchev–Trinajstić information content (AvgIpc) is 0.865. The molecule has 12 aromatic rings. The van der Waals surface area contributed by atoms with Crippen LogP contribution in [0.2, 0.25) is 0 Å². The smallest absolute Gasteiger partial charge is 0.134 e. The van der Waals surface area contributed by atoms with Crippen LogP contribution in [-0.2, 0) is 73.8 Å². The van der Waals surface area contributed by atoms with Gasteiger partial charge in [-0.1, -0.05) is 225 Å². The highest BCUT2D eigenvalue weighted by Gasteiger charge is 2.31. The molecule has 1 aliphatic rings. The fourth-order valence-electron chi connectivity index (χ4n) is 12.2. The number of benzene rings is 8. The maximum absolute atomic E-state index is 7.40. The Morgan fingerprint density at radius 2 is 0.448 bits per heavy atom. The minimum atomic E-state index is -0.286. The van der Waals surface area contributed by atoms with E-state index in [4.69, 9.17) is 39.3 Å². The van der Waals surface area contributed by atoms with Crippen LogP contribution in [0.4, 0.5) is 0 Å². The average molecular weight is 1280 g/mol. The number of fused-ring (bicyclic) bond motifs is 8. The Morgan fingerprint density at radius 3 is 0.615 bits per heavy atom. The van der Waals surface area contributed by atoms with Gasteiger partial charge in [0.25, 0.3) is 0 Å². The number of nitrogens with zero attached hydrogens (tertiary/aromatic N) is 12. The third-order valence-electron chi connectivity index (χ3n) is 17.7. The Labute approximate surface area is 562 Å². The Bertz CT molecular complexity index is 4010. The zero-order valence-electron chi connectivity index (χ0n) is 57.1. The standard InChI is InChI=1S/C80H84N12O4/c1-77(2,3)61-37-53-33-55-39-62(78(4,5)6)41-57(74(55)94-50-66-46-90(86-82-66)70-27-19-14-20-28-70)35-59-43-64(80(10,11)12)44-60(76(59)96-52-68-48-92(88-84-68)72-31-23-16-24-32-72)36-58-42-63(79(7,8)9)40-56(75(58)95-51-67-47-91(87-83-67)71-29-21-15-22-30-71)34-54(38-61)73(53)93-49-65-45-89(85-81-65)69-25-17-13-18-26-69/h13-32,37-48H,33-36,49-52H2,1-12H3. The molecule has 4 heterocycles. The summed E-state index contributed by atoms with van der Waals surface area (Å²) in [5.41, 5.74) is 17.8. The molecule has 0 amide bonds. The summed E-state index contributed by atoms with van der Waals surface area (Å²) < 4.78 is 36.8. The van der Waals surface area contributed by atoms with E-state index in [0.29, 0.717) is 48.5 Å². The lowest BCUT2D eigenvalue weighted by Gasteiger charge is -2.29. The van der Waals surface area contributed by atoms with Crippen molar-refractivity contribution in [2.75, 3.05) is 0 Å². The Balaban J connectivity index is 1.05. The monoisotopic (exact) mass is 1280 g/mol. The molecule has 488 valence electrons. The first-order valence-corrected chi connectivity index (χ1v) is 33.1. The molecule has 13 rings (SSSR count). The molecule has 8 bridgehead atoms. The molecule has 0 spiro atoms. The highest BCUT2D eigenvalue weighted by Crippen LogP contribution is 2.45. The summed E-state index contributed by atoms with van der Waals surface area (Å²) in [5.74, 6) is 3.01. The van der Waals surface area contributed by atoms with Crippen molar-refractivity contribution in [3.05, 3.63) is 284 Å². The van der Waals surface area contributed by atoms with Gasteiger partial charge in [0.2, 0.25) is 0 Å². The van der Waals surface area contributed by atoms with Crippen LogP contribution in [-0.4, -0.2) is 60.0 Å². The molecule has 16 nitrogen and oxygen atoms in total. The van der Waals surface area contributed by atoms with Crippen LogP contribution < -0.4 is 18.9 Å². The zero-order valence-corrected chi connectivity index (χ0v) is 57.1. The molecule has 0 unspecified atom stereocenters. The maximum Gasteiger partial charge on any atom is 0.134 e. The molecule has 0 aliphatic heterocycles. The summed E-state index contributed by atoms with van der Waals surface area (Å²) in [6, 6.07) is 58.8. The van der Waals surface area contributed by atoms with Crippen molar-refractivity contribution in [2.45, 2.75) is 157 Å². The summed E-state index contributed by atoms with van der Waals surface area (Å²) >= 11 is 0. The highest BCUT2D eigenvalue weighted by atomic mass is 16.5. The third kappa shape index (κ3) is 14.6. The van der Waals surface area contributed by atoms with E-state index in [1.54, 1.807) is 18.7 Å². The molecule has 0 saturated heterocycles. The van der Waals surface area contributed by atoms with Gasteiger partial charge in [0.05, 0.1) is 47.5 Å². The quantitative estimate of drug-likeness (QED) is 0.0902. The number of ether oxygens (including phenoxy) is 4. The number of aromatic nitrogens is 12. The summed E-state index contributed by atoms with van der Waals surface area (Å²) in [6.07, 6.45) is 9.53. The second kappa shape index (κ2) is 26.4. The Kier molecular flexibility index (Phi) is 17.6. The van der Waals surface area contributed by atoms with Gasteiger partial charge in [-0.2, -0.15) is 0 Å². The molecule has 96 heavy (non-hydrogen) atoms. The summed E-state index contributed by atoms with van der Waals surface area (Å²) in [6.45, 7) is 27.9. The minimum Gasteiger partial charge on any atom is -0.487 e. The van der Waals surface area contributed by atoms with Crippen LogP contribution in [0.1, 0.15) is 173 Å². The van der Waals surface area contributed by atoms with Crippen molar-refractivity contribution in [2.24, 2.45) is 0 Å². The molecule has 0 N–H and O–H groups in total. The summed E-state index contributed by atoms with van der Waals surface area (Å²) in [7, 11) is 0. The lowest BCUT2D eigenvalue weighted by molar-refractivity contribution is 0.288. The number of para-hydroxylation sites is 4. The maximum atomic E-state index is 7.40. The van der Waals surface area contributed by atoms with Crippen molar-refractivity contribution < 1.29 is 18.9 Å². The van der Waals surface area contributed by atoms with Crippen molar-refractivity contribution >= 4 is 0 Å². The third-order valence-corrected chi connectivity index (χ3v) is 17.7. The topological polar surface area (TPSA) is 160 Å². The summed E-state index contributed by atoms with van der Waals surface area (Å²) in [4.78, 5) is 0. The molecule has 0 atom stereocenters. The molecule has 1 aliphatic carbocycles. The lowest BCUT2D eigenvalue weighted by Crippen LogP contribution is -2.18. The number of hydrogen-bond donors (Lipinski definition) is 0. The van der Waals surface area contributed by atoms with E-state index >= 15 is 0 Å². The van der Waals surface area contributed by atoms with E-state index in [9.17, 15) is 0 Å². The van der Waals surface area contributed by atoms with Gasteiger partial charge in [0, 0.05) is 25.7 Å². The molecular weight excluding hydrogens is 1190 g/mol. The van der Waals surface area contributed by atoms with Crippen LogP contribution in [0, 0.1) is 0 Å². The molecular formula is C80H84N12O4. The van der Waals surface area contributed by atoms with Crippen LogP contribution in [0.3, 0.4) is 0 Å². The van der Waals surface area contributed by atoms with Gasteiger partial charge in [0.15, 0.2) is 0 Å². The van der Waals surface area contributed by atoms with Crippen LogP contribution in [0.5, 0.6) is 23.0 Å². The second-order valence-electron chi connectivity index (χ2n) is 29.3. The van der Waals surface area contributed by atoms with Crippen molar-refractivity contribution in [1.29, 1.82) is 0 Å². The van der Waals surface area contributed by atoms with Gasteiger partial charge in [-0.05, 0) is 137 Å². The Morgan fingerprint density at radius 1 is 0.271 bits per heavy atom. The predicted molar refractivity (Wildman–Crippen MR) is 375 cm³/mol. The van der Waals surface area contributed by atoms with E-state index < -0.39 is 0 Å². The number of hydrogen-bond acceptors (Lipinski definition) is 12. The van der Waals surface area contributed by atoms with Gasteiger partial charge < -0.3 is 18.9 Å². The highest BCUT2D eigenvalue weighted by molar-refractivity contribution is 5.60. The van der Waals surface area contributed by atoms with Gasteiger partial charge in [-0.15, -0.1) is 20.4 Å². The van der Waals surface area contributed by atoms with E-state index in [1.165, 1.54) is 0 Å².